The van der Waals surface area contributed by atoms with Crippen LogP contribution in [0.5, 0.6) is 0 Å². The predicted molar refractivity (Wildman–Crippen MR) is 119 cm³/mol. The molecular formula is C23H32N4O3S. The second kappa shape index (κ2) is 8.20. The van der Waals surface area contributed by atoms with Gasteiger partial charge in [0.05, 0.1) is 5.92 Å². The van der Waals surface area contributed by atoms with Crippen molar-refractivity contribution in [1.82, 2.24) is 14.7 Å². The monoisotopic (exact) mass is 444 g/mol. The molecule has 1 aromatic carbocycles. The number of hydrogen-bond acceptors (Lipinski definition) is 5. The van der Waals surface area contributed by atoms with Crippen LogP contribution in [0.1, 0.15) is 51.0 Å². The first-order valence-corrected chi connectivity index (χ1v) is 13.2. The zero-order valence-electron chi connectivity index (χ0n) is 18.2. The van der Waals surface area contributed by atoms with Crippen LogP contribution in [0.2, 0.25) is 0 Å². The highest BCUT2D eigenvalue weighted by Gasteiger charge is 2.42. The van der Waals surface area contributed by atoms with Crippen molar-refractivity contribution in [2.45, 2.75) is 62.4 Å². The normalized spacial score (nSPS) is 26.4. The van der Waals surface area contributed by atoms with Crippen molar-refractivity contribution >= 4 is 21.8 Å². The number of rotatable bonds is 4. The number of likely N-dealkylation sites (tertiary alicyclic amines) is 2. The van der Waals surface area contributed by atoms with Crippen LogP contribution in [-0.4, -0.2) is 79.7 Å². The second-order valence-corrected chi connectivity index (χ2v) is 10.9. The van der Waals surface area contributed by atoms with Crippen molar-refractivity contribution in [1.29, 1.82) is 0 Å². The van der Waals surface area contributed by atoms with E-state index in [1.54, 1.807) is 12.1 Å². The average molecular weight is 445 g/mol. The molecule has 0 spiro atoms. The molecule has 168 valence electrons. The molecule has 3 aliphatic heterocycles. The smallest absolute Gasteiger partial charge is 0.285 e. The number of sulfonamides is 1. The molecule has 2 saturated heterocycles. The third kappa shape index (κ3) is 4.00. The Hall–Kier alpha value is -1.93. The minimum absolute atomic E-state index is 0.0864. The maximum Gasteiger partial charge on any atom is 0.285 e. The predicted octanol–water partition coefficient (Wildman–Crippen LogP) is 2.32. The van der Waals surface area contributed by atoms with Gasteiger partial charge >= 0.3 is 0 Å². The fourth-order valence-corrected chi connectivity index (χ4v) is 6.65. The van der Waals surface area contributed by atoms with Crippen molar-refractivity contribution in [2.75, 3.05) is 32.7 Å². The van der Waals surface area contributed by atoms with Crippen LogP contribution in [0.3, 0.4) is 0 Å². The van der Waals surface area contributed by atoms with Gasteiger partial charge < -0.3 is 14.7 Å². The summed E-state index contributed by atoms with van der Waals surface area (Å²) in [6.45, 7) is 6.71. The Labute approximate surface area is 185 Å². The molecule has 1 aliphatic carbocycles. The highest BCUT2D eigenvalue weighted by Crippen LogP contribution is 2.35. The third-order valence-electron chi connectivity index (χ3n) is 7.28. The number of carbonyl (C=O) groups excluding carboxylic acids is 1. The van der Waals surface area contributed by atoms with E-state index in [9.17, 15) is 13.2 Å². The molecule has 3 fully saturated rings. The molecule has 0 bridgehead atoms. The summed E-state index contributed by atoms with van der Waals surface area (Å²) in [4.78, 5) is 20.7. The number of benzene rings is 1. The van der Waals surface area contributed by atoms with Crippen molar-refractivity contribution in [3.63, 3.8) is 0 Å². The lowest BCUT2D eigenvalue weighted by atomic mass is 9.93. The molecule has 0 N–H and O–H groups in total. The Morgan fingerprint density at radius 3 is 2.48 bits per heavy atom. The van der Waals surface area contributed by atoms with Crippen molar-refractivity contribution in [2.24, 2.45) is 10.3 Å². The molecular weight excluding hydrogens is 412 g/mol. The van der Waals surface area contributed by atoms with E-state index in [1.165, 1.54) is 0 Å². The van der Waals surface area contributed by atoms with E-state index in [4.69, 9.17) is 0 Å². The molecule has 4 aliphatic rings. The summed E-state index contributed by atoms with van der Waals surface area (Å²) in [6.07, 6.45) is 6.11. The van der Waals surface area contributed by atoms with Gasteiger partial charge in [-0.3, -0.25) is 4.79 Å². The molecule has 1 unspecified atom stereocenters. The molecule has 1 aromatic rings. The molecule has 1 atom stereocenters. The van der Waals surface area contributed by atoms with Gasteiger partial charge in [-0.2, -0.15) is 8.42 Å². The lowest BCUT2D eigenvalue weighted by Gasteiger charge is -2.42. The molecule has 3 heterocycles. The average Bonchev–Trinajstić information content (AvgIpc) is 3.59. The van der Waals surface area contributed by atoms with Gasteiger partial charge in [-0.05, 0) is 57.2 Å². The largest absolute Gasteiger partial charge is 0.355 e. The van der Waals surface area contributed by atoms with E-state index >= 15 is 0 Å². The van der Waals surface area contributed by atoms with Gasteiger partial charge in [0, 0.05) is 43.8 Å². The van der Waals surface area contributed by atoms with Gasteiger partial charge in [-0.1, -0.05) is 19.1 Å². The molecule has 8 heteroatoms. The van der Waals surface area contributed by atoms with Crippen LogP contribution in [0.4, 0.5) is 0 Å². The minimum Gasteiger partial charge on any atom is -0.355 e. The summed E-state index contributed by atoms with van der Waals surface area (Å²) in [6, 6.07) is 7.77. The number of amides is 1. The summed E-state index contributed by atoms with van der Waals surface area (Å²) >= 11 is 0. The van der Waals surface area contributed by atoms with E-state index in [0.717, 1.165) is 64.7 Å². The van der Waals surface area contributed by atoms with Gasteiger partial charge in [0.25, 0.3) is 10.0 Å². The second-order valence-electron chi connectivity index (χ2n) is 9.31. The van der Waals surface area contributed by atoms with Crippen LogP contribution in [0, 0.1) is 5.92 Å². The number of fused-ring (bicyclic) bond motifs is 1. The first-order valence-electron chi connectivity index (χ1n) is 11.7. The van der Waals surface area contributed by atoms with Crippen LogP contribution < -0.4 is 0 Å². The first kappa shape index (κ1) is 20.9. The van der Waals surface area contributed by atoms with Crippen LogP contribution in [0.15, 0.2) is 33.6 Å². The minimum atomic E-state index is -3.64. The number of carbonyl (C=O) groups is 1. The molecule has 1 amide bonds. The summed E-state index contributed by atoms with van der Waals surface area (Å²) in [5.74, 6) is 0.705. The highest BCUT2D eigenvalue weighted by molar-refractivity contribution is 7.90. The standard InChI is InChI=1S/C23H32N4O3S/c1-2-25-14-11-19(12-15-25)27(18-9-10-18)23(28)17-6-5-13-26(16-17)22-20-7-3-4-8-21(20)31(29,30)24-22/h3-4,7-8,17-19H,2,5-6,9-16H2,1H3. The summed E-state index contributed by atoms with van der Waals surface area (Å²) in [5.41, 5.74) is 0.668. The van der Waals surface area contributed by atoms with Crippen molar-refractivity contribution in [3.8, 4) is 0 Å². The van der Waals surface area contributed by atoms with Gasteiger partial charge in [0.15, 0.2) is 5.84 Å². The topological polar surface area (TPSA) is 73.3 Å². The zero-order valence-corrected chi connectivity index (χ0v) is 19.1. The molecule has 31 heavy (non-hydrogen) atoms. The van der Waals surface area contributed by atoms with Crippen LogP contribution in [0.25, 0.3) is 0 Å². The quantitative estimate of drug-likeness (QED) is 0.713. The number of nitrogens with zero attached hydrogens (tertiary/aromatic N) is 4. The Bertz CT molecular complexity index is 980. The zero-order chi connectivity index (χ0) is 21.6. The van der Waals surface area contributed by atoms with Gasteiger partial charge in [-0.25, -0.2) is 0 Å². The fourth-order valence-electron chi connectivity index (χ4n) is 5.42. The summed E-state index contributed by atoms with van der Waals surface area (Å²) < 4.78 is 29.1. The Morgan fingerprint density at radius 1 is 1.06 bits per heavy atom. The van der Waals surface area contributed by atoms with Crippen LogP contribution >= 0.6 is 0 Å². The number of amidine groups is 1. The van der Waals surface area contributed by atoms with E-state index in [-0.39, 0.29) is 16.7 Å². The fraction of sp³-hybridized carbons (Fsp3) is 0.652. The van der Waals surface area contributed by atoms with E-state index < -0.39 is 10.0 Å². The Morgan fingerprint density at radius 2 is 1.77 bits per heavy atom. The van der Waals surface area contributed by atoms with Gasteiger partial charge in [-0.15, -0.1) is 4.40 Å². The first-order chi connectivity index (χ1) is 15.0. The van der Waals surface area contributed by atoms with Crippen molar-refractivity contribution < 1.29 is 13.2 Å². The van der Waals surface area contributed by atoms with E-state index in [0.29, 0.717) is 30.0 Å². The number of piperidine rings is 2. The SMILES string of the molecule is CCN1CCC(N(C(=O)C2CCCN(C3=NS(=O)(=O)c4ccccc43)C2)C2CC2)CC1. The van der Waals surface area contributed by atoms with Crippen LogP contribution in [-0.2, 0) is 14.8 Å². The lowest BCUT2D eigenvalue weighted by Crippen LogP contribution is -2.53. The lowest BCUT2D eigenvalue weighted by molar-refractivity contribution is -0.141. The van der Waals surface area contributed by atoms with Gasteiger partial charge in [0.1, 0.15) is 4.90 Å². The van der Waals surface area contributed by atoms with Gasteiger partial charge in [0.2, 0.25) is 5.91 Å². The summed E-state index contributed by atoms with van der Waals surface area (Å²) in [7, 11) is -3.64. The molecule has 0 aromatic heterocycles. The van der Waals surface area contributed by atoms with E-state index in [1.807, 2.05) is 17.0 Å². The molecule has 0 radical (unpaired) electrons. The number of hydrogen-bond donors (Lipinski definition) is 0. The molecule has 1 saturated carbocycles. The Balaban J connectivity index is 1.33. The van der Waals surface area contributed by atoms with E-state index in [2.05, 4.69) is 21.1 Å². The molecule has 7 nitrogen and oxygen atoms in total. The molecule has 5 rings (SSSR count). The maximum atomic E-state index is 13.7. The third-order valence-corrected chi connectivity index (χ3v) is 8.60. The Kier molecular flexibility index (Phi) is 5.54. The van der Waals surface area contributed by atoms with Crippen molar-refractivity contribution in [3.05, 3.63) is 29.8 Å². The highest BCUT2D eigenvalue weighted by atomic mass is 32.2. The maximum absolute atomic E-state index is 13.7. The summed E-state index contributed by atoms with van der Waals surface area (Å²) in [5, 5.41) is 0.